The van der Waals surface area contributed by atoms with Crippen molar-refractivity contribution in [2.45, 2.75) is 45.4 Å². The Kier molecular flexibility index (Phi) is 6.15. The SMILES string of the molecule is Cc1c(C=CCCCCCCC(=O)O)[nH]c2ccccc2c1=O. The van der Waals surface area contributed by atoms with Crippen molar-refractivity contribution in [3.63, 3.8) is 0 Å². The Bertz CT molecular complexity index is 759. The van der Waals surface area contributed by atoms with Gasteiger partial charge in [0.1, 0.15) is 0 Å². The molecule has 23 heavy (non-hydrogen) atoms. The molecule has 0 saturated carbocycles. The number of aromatic amines is 1. The number of hydrogen-bond acceptors (Lipinski definition) is 2. The minimum absolute atomic E-state index is 0.0765. The lowest BCUT2D eigenvalue weighted by atomic mass is 10.1. The molecule has 0 saturated heterocycles. The number of aliphatic carboxylic acids is 1. The van der Waals surface area contributed by atoms with Crippen molar-refractivity contribution in [1.82, 2.24) is 4.98 Å². The van der Waals surface area contributed by atoms with E-state index in [1.807, 2.05) is 37.3 Å². The average molecular weight is 313 g/mol. The van der Waals surface area contributed by atoms with E-state index < -0.39 is 5.97 Å². The lowest BCUT2D eigenvalue weighted by Gasteiger charge is -2.04. The summed E-state index contributed by atoms with van der Waals surface area (Å²) in [6.07, 6.45) is 9.00. The summed E-state index contributed by atoms with van der Waals surface area (Å²) in [6, 6.07) is 7.54. The number of pyridine rings is 1. The molecule has 0 fully saturated rings. The highest BCUT2D eigenvalue weighted by Gasteiger charge is 2.05. The van der Waals surface area contributed by atoms with Gasteiger partial charge >= 0.3 is 5.97 Å². The lowest BCUT2D eigenvalue weighted by Crippen LogP contribution is -2.09. The first-order valence-electron chi connectivity index (χ1n) is 8.09. The van der Waals surface area contributed by atoms with Gasteiger partial charge in [-0.2, -0.15) is 0 Å². The number of carboxylic acids is 1. The topological polar surface area (TPSA) is 70.2 Å². The van der Waals surface area contributed by atoms with Crippen LogP contribution in [0.15, 0.2) is 35.1 Å². The van der Waals surface area contributed by atoms with E-state index in [9.17, 15) is 9.59 Å². The Labute approximate surface area is 135 Å². The van der Waals surface area contributed by atoms with Gasteiger partial charge in [0, 0.05) is 28.6 Å². The monoisotopic (exact) mass is 313 g/mol. The summed E-state index contributed by atoms with van der Waals surface area (Å²) in [7, 11) is 0. The van der Waals surface area contributed by atoms with Crippen molar-refractivity contribution in [3.05, 3.63) is 51.8 Å². The van der Waals surface area contributed by atoms with Crippen LogP contribution >= 0.6 is 0 Å². The molecule has 0 spiro atoms. The van der Waals surface area contributed by atoms with Gasteiger partial charge in [-0.15, -0.1) is 0 Å². The van der Waals surface area contributed by atoms with Gasteiger partial charge < -0.3 is 10.1 Å². The van der Waals surface area contributed by atoms with E-state index in [4.69, 9.17) is 5.11 Å². The molecule has 2 N–H and O–H groups in total. The molecule has 0 aliphatic rings. The quantitative estimate of drug-likeness (QED) is 0.715. The van der Waals surface area contributed by atoms with Crippen molar-refractivity contribution in [3.8, 4) is 0 Å². The zero-order chi connectivity index (χ0) is 16.7. The van der Waals surface area contributed by atoms with Gasteiger partial charge in [0.15, 0.2) is 5.43 Å². The van der Waals surface area contributed by atoms with E-state index in [1.54, 1.807) is 0 Å². The molecule has 0 atom stereocenters. The molecule has 1 aromatic carbocycles. The van der Waals surface area contributed by atoms with Crippen LogP contribution in [0.1, 0.15) is 49.8 Å². The molecule has 4 heteroatoms. The number of carbonyl (C=O) groups is 1. The smallest absolute Gasteiger partial charge is 0.303 e. The normalized spacial score (nSPS) is 11.3. The highest BCUT2D eigenvalue weighted by atomic mass is 16.4. The zero-order valence-electron chi connectivity index (χ0n) is 13.5. The Morgan fingerprint density at radius 2 is 1.91 bits per heavy atom. The second kappa shape index (κ2) is 8.32. The van der Waals surface area contributed by atoms with Crippen LogP contribution < -0.4 is 5.43 Å². The molecule has 0 radical (unpaired) electrons. The molecule has 1 heterocycles. The molecule has 0 unspecified atom stereocenters. The fourth-order valence-electron chi connectivity index (χ4n) is 2.61. The van der Waals surface area contributed by atoms with Crippen LogP contribution in [0.4, 0.5) is 0 Å². The van der Waals surface area contributed by atoms with Crippen LogP contribution in [-0.2, 0) is 4.79 Å². The van der Waals surface area contributed by atoms with E-state index in [0.717, 1.165) is 54.3 Å². The average Bonchev–Trinajstić information content (AvgIpc) is 2.54. The Balaban J connectivity index is 1.90. The number of para-hydroxylation sites is 1. The van der Waals surface area contributed by atoms with E-state index in [0.29, 0.717) is 0 Å². The van der Waals surface area contributed by atoms with Gasteiger partial charge in [-0.1, -0.05) is 31.1 Å². The number of aromatic nitrogens is 1. The molecule has 0 aliphatic carbocycles. The number of rotatable bonds is 8. The standard InChI is InChI=1S/C19H23NO3/c1-14-16(11-6-4-2-3-5-7-13-18(21)22)20-17-12-9-8-10-15(17)19(14)23/h6,8-12H,2-5,7,13H2,1H3,(H,20,23)(H,21,22). The largest absolute Gasteiger partial charge is 0.481 e. The molecule has 0 aliphatic heterocycles. The maximum atomic E-state index is 12.3. The lowest BCUT2D eigenvalue weighted by molar-refractivity contribution is -0.137. The van der Waals surface area contributed by atoms with Crippen molar-refractivity contribution in [2.24, 2.45) is 0 Å². The molecule has 122 valence electrons. The van der Waals surface area contributed by atoms with Crippen LogP contribution in [0.3, 0.4) is 0 Å². The van der Waals surface area contributed by atoms with E-state index in [1.165, 1.54) is 0 Å². The number of carboxylic acid groups (broad SMARTS) is 1. The number of hydrogen-bond donors (Lipinski definition) is 2. The van der Waals surface area contributed by atoms with Crippen LogP contribution in [0, 0.1) is 6.92 Å². The second-order valence-electron chi connectivity index (χ2n) is 5.79. The third-order valence-electron chi connectivity index (χ3n) is 3.98. The summed E-state index contributed by atoms with van der Waals surface area (Å²) in [5, 5.41) is 9.29. The molecule has 1 aromatic heterocycles. The predicted octanol–water partition coefficient (Wildman–Crippen LogP) is 4.27. The Hall–Kier alpha value is -2.36. The van der Waals surface area contributed by atoms with Crippen molar-refractivity contribution in [2.75, 3.05) is 0 Å². The van der Waals surface area contributed by atoms with Gasteiger partial charge in [-0.3, -0.25) is 9.59 Å². The van der Waals surface area contributed by atoms with Crippen LogP contribution in [-0.4, -0.2) is 16.1 Å². The molecule has 2 rings (SSSR count). The van der Waals surface area contributed by atoms with E-state index in [2.05, 4.69) is 11.1 Å². The predicted molar refractivity (Wildman–Crippen MR) is 93.7 cm³/mol. The number of unbranched alkanes of at least 4 members (excludes halogenated alkanes) is 4. The van der Waals surface area contributed by atoms with Crippen molar-refractivity contribution in [1.29, 1.82) is 0 Å². The van der Waals surface area contributed by atoms with Crippen LogP contribution in [0.2, 0.25) is 0 Å². The summed E-state index contributed by atoms with van der Waals surface area (Å²) < 4.78 is 0. The summed E-state index contributed by atoms with van der Waals surface area (Å²) in [6.45, 7) is 1.84. The number of benzene rings is 1. The first kappa shape index (κ1) is 17.0. The first-order chi connectivity index (χ1) is 11.1. The minimum atomic E-state index is -0.722. The van der Waals surface area contributed by atoms with Crippen molar-refractivity contribution < 1.29 is 9.90 Å². The van der Waals surface area contributed by atoms with Crippen molar-refractivity contribution >= 4 is 22.9 Å². The summed E-state index contributed by atoms with van der Waals surface area (Å²) in [5.41, 5.74) is 2.53. The maximum Gasteiger partial charge on any atom is 0.303 e. The summed E-state index contributed by atoms with van der Waals surface area (Å²) in [5.74, 6) is -0.722. The van der Waals surface area contributed by atoms with Gasteiger partial charge in [-0.25, -0.2) is 0 Å². The van der Waals surface area contributed by atoms with Crippen LogP contribution in [0.5, 0.6) is 0 Å². The Morgan fingerprint density at radius 3 is 2.70 bits per heavy atom. The number of nitrogens with one attached hydrogen (secondary N) is 1. The molecule has 0 amide bonds. The van der Waals surface area contributed by atoms with Gasteiger partial charge in [0.05, 0.1) is 0 Å². The highest BCUT2D eigenvalue weighted by molar-refractivity contribution is 5.80. The number of fused-ring (bicyclic) bond motifs is 1. The number of H-pyrrole nitrogens is 1. The van der Waals surface area contributed by atoms with Gasteiger partial charge in [-0.05, 0) is 44.4 Å². The fraction of sp³-hybridized carbons (Fsp3) is 0.368. The molecular formula is C19H23NO3. The summed E-state index contributed by atoms with van der Waals surface area (Å²) >= 11 is 0. The third-order valence-corrected chi connectivity index (χ3v) is 3.98. The van der Waals surface area contributed by atoms with Crippen LogP contribution in [0.25, 0.3) is 17.0 Å². The highest BCUT2D eigenvalue weighted by Crippen LogP contribution is 2.13. The summed E-state index contributed by atoms with van der Waals surface area (Å²) in [4.78, 5) is 26.0. The Morgan fingerprint density at radius 1 is 1.17 bits per heavy atom. The maximum absolute atomic E-state index is 12.3. The molecule has 4 nitrogen and oxygen atoms in total. The molecule has 2 aromatic rings. The minimum Gasteiger partial charge on any atom is -0.481 e. The number of allylic oxidation sites excluding steroid dienone is 1. The van der Waals surface area contributed by atoms with E-state index in [-0.39, 0.29) is 11.8 Å². The van der Waals surface area contributed by atoms with E-state index >= 15 is 0 Å². The molecular weight excluding hydrogens is 290 g/mol. The zero-order valence-corrected chi connectivity index (χ0v) is 13.5. The first-order valence-corrected chi connectivity index (χ1v) is 8.09. The fourth-order valence-corrected chi connectivity index (χ4v) is 2.61. The second-order valence-corrected chi connectivity index (χ2v) is 5.79. The van der Waals surface area contributed by atoms with Gasteiger partial charge in [0.2, 0.25) is 0 Å². The third kappa shape index (κ3) is 4.81. The molecule has 0 bridgehead atoms. The van der Waals surface area contributed by atoms with Gasteiger partial charge in [0.25, 0.3) is 0 Å².